The summed E-state index contributed by atoms with van der Waals surface area (Å²) >= 11 is 0. The summed E-state index contributed by atoms with van der Waals surface area (Å²) in [7, 11) is 0. The van der Waals surface area contributed by atoms with E-state index in [2.05, 4.69) is 26.1 Å². The van der Waals surface area contributed by atoms with E-state index in [9.17, 15) is 14.4 Å². The molecule has 1 saturated heterocycles. The standard InChI is InChI=1S/C23H26N2O5/c1-23(2,3)17-8-10-18(11-9-17)29-12-13-30-21(27)19-7-5-4-6-16(19)15-25-20(26)14-24-22(25)28/h4-11H,12-15H2,1-3H3,(H,24,28). The van der Waals surface area contributed by atoms with Crippen LogP contribution in [-0.4, -0.2) is 42.6 Å². The number of imide groups is 1. The molecule has 0 saturated carbocycles. The zero-order chi connectivity index (χ0) is 21.7. The molecular weight excluding hydrogens is 384 g/mol. The third kappa shape index (κ3) is 5.17. The summed E-state index contributed by atoms with van der Waals surface area (Å²) in [6.07, 6.45) is 0. The number of rotatable bonds is 7. The van der Waals surface area contributed by atoms with Crippen molar-refractivity contribution in [1.29, 1.82) is 0 Å². The van der Waals surface area contributed by atoms with E-state index in [-0.39, 0.29) is 37.6 Å². The van der Waals surface area contributed by atoms with Crippen molar-refractivity contribution in [2.24, 2.45) is 0 Å². The molecule has 2 aromatic carbocycles. The molecule has 0 spiro atoms. The molecule has 3 rings (SSSR count). The second kappa shape index (κ2) is 8.98. The average Bonchev–Trinajstić information content (AvgIpc) is 3.03. The first-order valence-electron chi connectivity index (χ1n) is 9.82. The maximum absolute atomic E-state index is 12.5. The topological polar surface area (TPSA) is 84.9 Å². The summed E-state index contributed by atoms with van der Waals surface area (Å²) in [6.45, 7) is 6.73. The van der Waals surface area contributed by atoms with E-state index in [1.54, 1.807) is 24.3 Å². The molecule has 7 nitrogen and oxygen atoms in total. The largest absolute Gasteiger partial charge is 0.490 e. The number of carbonyl (C=O) groups excluding carboxylic acids is 3. The molecular formula is C23H26N2O5. The molecule has 1 N–H and O–H groups in total. The zero-order valence-corrected chi connectivity index (χ0v) is 17.4. The molecule has 0 bridgehead atoms. The molecule has 2 aromatic rings. The Labute approximate surface area is 176 Å². The van der Waals surface area contributed by atoms with E-state index < -0.39 is 12.0 Å². The molecule has 0 aliphatic carbocycles. The highest BCUT2D eigenvalue weighted by molar-refractivity contribution is 6.02. The van der Waals surface area contributed by atoms with Crippen molar-refractivity contribution in [3.05, 3.63) is 65.2 Å². The summed E-state index contributed by atoms with van der Waals surface area (Å²) in [6, 6.07) is 14.1. The Bertz CT molecular complexity index is 915. The Balaban J connectivity index is 1.53. The number of hydrogen-bond donors (Lipinski definition) is 1. The van der Waals surface area contributed by atoms with Crippen LogP contribution in [0.1, 0.15) is 42.3 Å². The molecule has 0 aromatic heterocycles. The van der Waals surface area contributed by atoms with Crippen molar-refractivity contribution in [3.8, 4) is 5.75 Å². The van der Waals surface area contributed by atoms with Crippen molar-refractivity contribution in [3.63, 3.8) is 0 Å². The van der Waals surface area contributed by atoms with Gasteiger partial charge in [0.05, 0.1) is 18.7 Å². The van der Waals surface area contributed by atoms with Gasteiger partial charge in [-0.1, -0.05) is 51.1 Å². The third-order valence-electron chi connectivity index (χ3n) is 4.81. The van der Waals surface area contributed by atoms with Crippen LogP contribution >= 0.6 is 0 Å². The summed E-state index contributed by atoms with van der Waals surface area (Å²) in [5, 5.41) is 2.46. The van der Waals surface area contributed by atoms with Crippen LogP contribution in [0.15, 0.2) is 48.5 Å². The highest BCUT2D eigenvalue weighted by Gasteiger charge is 2.29. The van der Waals surface area contributed by atoms with E-state index >= 15 is 0 Å². The minimum Gasteiger partial charge on any atom is -0.490 e. The predicted molar refractivity (Wildman–Crippen MR) is 111 cm³/mol. The molecule has 1 heterocycles. The second-order valence-corrected chi connectivity index (χ2v) is 8.05. The fourth-order valence-electron chi connectivity index (χ4n) is 3.07. The molecule has 0 unspecified atom stereocenters. The average molecular weight is 410 g/mol. The first kappa shape index (κ1) is 21.4. The van der Waals surface area contributed by atoms with Gasteiger partial charge in [0.1, 0.15) is 19.0 Å². The Kier molecular flexibility index (Phi) is 6.40. The van der Waals surface area contributed by atoms with E-state index in [0.29, 0.717) is 16.9 Å². The number of nitrogens with zero attached hydrogens (tertiary/aromatic N) is 1. The van der Waals surface area contributed by atoms with E-state index in [0.717, 1.165) is 4.90 Å². The number of hydrogen-bond acceptors (Lipinski definition) is 5. The summed E-state index contributed by atoms with van der Waals surface area (Å²) in [4.78, 5) is 37.1. The normalized spacial score (nSPS) is 13.9. The number of amides is 3. The second-order valence-electron chi connectivity index (χ2n) is 8.05. The van der Waals surface area contributed by atoms with Gasteiger partial charge in [-0.05, 0) is 34.7 Å². The van der Waals surface area contributed by atoms with E-state index in [1.165, 1.54) is 5.56 Å². The Hall–Kier alpha value is -3.35. The van der Waals surface area contributed by atoms with Gasteiger partial charge >= 0.3 is 12.0 Å². The predicted octanol–water partition coefficient (Wildman–Crippen LogP) is 3.27. The van der Waals surface area contributed by atoms with Crippen LogP contribution < -0.4 is 10.1 Å². The Morgan fingerprint density at radius 3 is 2.37 bits per heavy atom. The number of benzene rings is 2. The zero-order valence-electron chi connectivity index (χ0n) is 17.4. The van der Waals surface area contributed by atoms with Crippen LogP contribution in [0, 0.1) is 0 Å². The van der Waals surface area contributed by atoms with Gasteiger partial charge in [0.15, 0.2) is 0 Å². The van der Waals surface area contributed by atoms with Gasteiger partial charge in [-0.3, -0.25) is 9.69 Å². The molecule has 7 heteroatoms. The lowest BCUT2D eigenvalue weighted by molar-refractivity contribution is -0.125. The van der Waals surface area contributed by atoms with Crippen molar-refractivity contribution >= 4 is 17.9 Å². The van der Waals surface area contributed by atoms with Gasteiger partial charge in [0, 0.05) is 0 Å². The number of nitrogens with one attached hydrogen (secondary N) is 1. The first-order chi connectivity index (χ1) is 14.3. The Morgan fingerprint density at radius 1 is 1.03 bits per heavy atom. The summed E-state index contributed by atoms with van der Waals surface area (Å²) < 4.78 is 11.0. The first-order valence-corrected chi connectivity index (χ1v) is 9.82. The van der Waals surface area contributed by atoms with E-state index in [1.807, 2.05) is 24.3 Å². The monoisotopic (exact) mass is 410 g/mol. The van der Waals surface area contributed by atoms with Gasteiger partial charge in [-0.2, -0.15) is 0 Å². The van der Waals surface area contributed by atoms with Gasteiger partial charge in [-0.15, -0.1) is 0 Å². The Morgan fingerprint density at radius 2 is 1.73 bits per heavy atom. The van der Waals surface area contributed by atoms with Crippen LogP contribution in [-0.2, 0) is 21.5 Å². The van der Waals surface area contributed by atoms with Crippen molar-refractivity contribution < 1.29 is 23.9 Å². The quantitative estimate of drug-likeness (QED) is 0.430. The van der Waals surface area contributed by atoms with Gasteiger partial charge in [0.2, 0.25) is 5.91 Å². The molecule has 1 aliphatic heterocycles. The maximum atomic E-state index is 12.5. The minimum atomic E-state index is -0.524. The highest BCUT2D eigenvalue weighted by Crippen LogP contribution is 2.24. The molecule has 0 atom stereocenters. The number of carbonyl (C=O) groups is 3. The lowest BCUT2D eigenvalue weighted by Gasteiger charge is -2.19. The lowest BCUT2D eigenvalue weighted by Crippen LogP contribution is -2.31. The third-order valence-corrected chi connectivity index (χ3v) is 4.81. The summed E-state index contributed by atoms with van der Waals surface area (Å²) in [5.41, 5.74) is 2.15. The van der Waals surface area contributed by atoms with Crippen LogP contribution in [0.5, 0.6) is 5.75 Å². The molecule has 3 amide bonds. The molecule has 158 valence electrons. The number of ether oxygens (including phenoxy) is 2. The summed E-state index contributed by atoms with van der Waals surface area (Å²) in [5.74, 6) is -0.142. The van der Waals surface area contributed by atoms with Crippen molar-refractivity contribution in [1.82, 2.24) is 10.2 Å². The van der Waals surface area contributed by atoms with Crippen molar-refractivity contribution in [2.45, 2.75) is 32.7 Å². The minimum absolute atomic E-state index is 0.0204. The maximum Gasteiger partial charge on any atom is 0.338 e. The van der Waals surface area contributed by atoms with Gasteiger partial charge in [-0.25, -0.2) is 9.59 Å². The fourth-order valence-corrected chi connectivity index (χ4v) is 3.07. The van der Waals surface area contributed by atoms with Crippen LogP contribution in [0.25, 0.3) is 0 Å². The fraction of sp³-hybridized carbons (Fsp3) is 0.348. The number of esters is 1. The smallest absolute Gasteiger partial charge is 0.338 e. The molecule has 1 fully saturated rings. The molecule has 30 heavy (non-hydrogen) atoms. The van der Waals surface area contributed by atoms with Crippen molar-refractivity contribution in [2.75, 3.05) is 19.8 Å². The van der Waals surface area contributed by atoms with Gasteiger partial charge < -0.3 is 14.8 Å². The molecule has 0 radical (unpaired) electrons. The SMILES string of the molecule is CC(C)(C)c1ccc(OCCOC(=O)c2ccccc2CN2C(=O)CNC2=O)cc1. The van der Waals surface area contributed by atoms with Crippen LogP contribution in [0.4, 0.5) is 4.79 Å². The number of urea groups is 1. The van der Waals surface area contributed by atoms with Gasteiger partial charge in [0.25, 0.3) is 0 Å². The lowest BCUT2D eigenvalue weighted by atomic mass is 9.87. The highest BCUT2D eigenvalue weighted by atomic mass is 16.6. The van der Waals surface area contributed by atoms with Crippen LogP contribution in [0.3, 0.4) is 0 Å². The molecule has 1 aliphatic rings. The van der Waals surface area contributed by atoms with Crippen LogP contribution in [0.2, 0.25) is 0 Å². The van der Waals surface area contributed by atoms with E-state index in [4.69, 9.17) is 9.47 Å².